The van der Waals surface area contributed by atoms with Crippen LogP contribution in [0.5, 0.6) is 0 Å². The van der Waals surface area contributed by atoms with E-state index in [-0.39, 0.29) is 5.91 Å². The Morgan fingerprint density at radius 3 is 2.68 bits per heavy atom. The van der Waals surface area contributed by atoms with Crippen molar-refractivity contribution in [2.24, 2.45) is 5.10 Å². The highest BCUT2D eigenvalue weighted by atomic mass is 79.9. The number of halogens is 1. The molecule has 0 unspecified atom stereocenters. The van der Waals surface area contributed by atoms with Crippen molar-refractivity contribution in [1.29, 1.82) is 0 Å². The normalized spacial score (nSPS) is 11.3. The van der Waals surface area contributed by atoms with Crippen LogP contribution in [0.1, 0.15) is 35.0 Å². The molecule has 0 radical (unpaired) electrons. The first kappa shape index (κ1) is 17.4. The molecular formula is C20H20BrN3O. The van der Waals surface area contributed by atoms with Crippen LogP contribution in [0.2, 0.25) is 0 Å². The van der Waals surface area contributed by atoms with Gasteiger partial charge in [0.05, 0.1) is 11.8 Å². The van der Waals surface area contributed by atoms with Gasteiger partial charge in [0, 0.05) is 33.2 Å². The summed E-state index contributed by atoms with van der Waals surface area (Å²) in [6.45, 7) is 5.22. The zero-order valence-electron chi connectivity index (χ0n) is 14.3. The summed E-state index contributed by atoms with van der Waals surface area (Å²) in [5, 5.41) is 5.33. The molecule has 0 saturated carbocycles. The molecule has 3 aromatic rings. The summed E-state index contributed by atoms with van der Waals surface area (Å²) in [6, 6.07) is 15.6. The minimum atomic E-state index is -0.237. The van der Waals surface area contributed by atoms with Crippen molar-refractivity contribution < 1.29 is 4.79 Å². The largest absolute Gasteiger partial charge is 0.344 e. The minimum absolute atomic E-state index is 0.237. The van der Waals surface area contributed by atoms with Crippen LogP contribution in [0, 0.1) is 6.92 Å². The van der Waals surface area contributed by atoms with Crippen LogP contribution in [0.15, 0.2) is 58.1 Å². The molecule has 3 rings (SSSR count). The molecule has 0 bridgehead atoms. The van der Waals surface area contributed by atoms with Crippen LogP contribution in [0.3, 0.4) is 0 Å². The molecule has 0 aliphatic rings. The lowest BCUT2D eigenvalue weighted by molar-refractivity contribution is 0.0954. The van der Waals surface area contributed by atoms with Gasteiger partial charge in [-0.3, -0.25) is 4.79 Å². The van der Waals surface area contributed by atoms with Gasteiger partial charge in [0.15, 0.2) is 0 Å². The molecule has 5 heteroatoms. The first-order valence-electron chi connectivity index (χ1n) is 8.29. The van der Waals surface area contributed by atoms with Crippen molar-refractivity contribution in [3.8, 4) is 0 Å². The number of aromatic nitrogens is 1. The Kier molecular flexibility index (Phi) is 5.34. The number of nitrogens with one attached hydrogen (secondary N) is 1. The van der Waals surface area contributed by atoms with E-state index in [2.05, 4.69) is 57.0 Å². The van der Waals surface area contributed by atoms with E-state index in [1.54, 1.807) is 12.3 Å². The van der Waals surface area contributed by atoms with Gasteiger partial charge in [0.2, 0.25) is 0 Å². The van der Waals surface area contributed by atoms with Crippen LogP contribution < -0.4 is 5.43 Å². The van der Waals surface area contributed by atoms with E-state index in [0.29, 0.717) is 5.56 Å². The van der Waals surface area contributed by atoms with Gasteiger partial charge in [-0.1, -0.05) is 37.3 Å². The highest BCUT2D eigenvalue weighted by Crippen LogP contribution is 2.24. The fourth-order valence-electron chi connectivity index (χ4n) is 2.99. The Morgan fingerprint density at radius 1 is 1.20 bits per heavy atom. The van der Waals surface area contributed by atoms with Gasteiger partial charge in [0.1, 0.15) is 0 Å². The molecule has 25 heavy (non-hydrogen) atoms. The smallest absolute Gasteiger partial charge is 0.272 e. The van der Waals surface area contributed by atoms with Crippen LogP contribution in [0.25, 0.3) is 10.9 Å². The van der Waals surface area contributed by atoms with E-state index in [4.69, 9.17) is 0 Å². The van der Waals surface area contributed by atoms with Gasteiger partial charge in [-0.25, -0.2) is 5.43 Å². The molecule has 1 heterocycles. The lowest BCUT2D eigenvalue weighted by Crippen LogP contribution is -2.18. The Morgan fingerprint density at radius 2 is 1.92 bits per heavy atom. The number of rotatable bonds is 5. The third kappa shape index (κ3) is 3.51. The quantitative estimate of drug-likeness (QED) is 0.483. The van der Waals surface area contributed by atoms with Gasteiger partial charge in [-0.2, -0.15) is 5.10 Å². The van der Waals surface area contributed by atoms with Gasteiger partial charge in [-0.05, 0) is 47.5 Å². The highest BCUT2D eigenvalue weighted by molar-refractivity contribution is 9.10. The fourth-order valence-corrected chi connectivity index (χ4v) is 3.46. The molecule has 1 N–H and O–H groups in total. The number of carbonyl (C=O) groups excluding carboxylic acids is 1. The monoisotopic (exact) mass is 397 g/mol. The number of nitrogens with zero attached hydrogens (tertiary/aromatic N) is 2. The Hall–Kier alpha value is -2.40. The summed E-state index contributed by atoms with van der Waals surface area (Å²) >= 11 is 3.38. The summed E-state index contributed by atoms with van der Waals surface area (Å²) in [6.07, 6.45) is 2.80. The van der Waals surface area contributed by atoms with Crippen molar-refractivity contribution in [3.63, 3.8) is 0 Å². The molecule has 0 fully saturated rings. The van der Waals surface area contributed by atoms with Crippen LogP contribution in [-0.2, 0) is 6.54 Å². The van der Waals surface area contributed by atoms with Gasteiger partial charge in [-0.15, -0.1) is 0 Å². The lowest BCUT2D eigenvalue weighted by Gasteiger charge is -2.05. The summed E-state index contributed by atoms with van der Waals surface area (Å²) in [7, 11) is 0. The standard InChI is InChI=1S/C20H20BrN3O/c1-3-12-24-14(2)17(15-8-5-7-11-19(15)24)13-22-23-20(25)16-9-4-6-10-18(16)21/h4-11,13H,3,12H2,1-2H3,(H,23,25)/b22-13+. The van der Waals surface area contributed by atoms with Gasteiger partial charge < -0.3 is 4.57 Å². The van der Waals surface area contributed by atoms with Crippen LogP contribution >= 0.6 is 15.9 Å². The average molecular weight is 398 g/mol. The first-order valence-corrected chi connectivity index (χ1v) is 9.08. The number of hydrazone groups is 1. The Labute approximate surface area is 155 Å². The van der Waals surface area contributed by atoms with E-state index < -0.39 is 0 Å². The van der Waals surface area contributed by atoms with E-state index in [1.807, 2.05) is 30.3 Å². The Bertz CT molecular complexity index is 943. The topological polar surface area (TPSA) is 46.4 Å². The van der Waals surface area contributed by atoms with Gasteiger partial charge >= 0.3 is 0 Å². The number of carbonyl (C=O) groups is 1. The third-order valence-electron chi connectivity index (χ3n) is 4.21. The summed E-state index contributed by atoms with van der Waals surface area (Å²) in [5.41, 5.74) is 6.56. The molecule has 4 nitrogen and oxygen atoms in total. The van der Waals surface area contributed by atoms with Crippen molar-refractivity contribution >= 4 is 39.0 Å². The van der Waals surface area contributed by atoms with Crippen molar-refractivity contribution in [2.75, 3.05) is 0 Å². The number of hydrogen-bond donors (Lipinski definition) is 1. The number of para-hydroxylation sites is 1. The maximum Gasteiger partial charge on any atom is 0.272 e. The lowest BCUT2D eigenvalue weighted by atomic mass is 10.1. The maximum atomic E-state index is 12.3. The molecule has 0 aliphatic carbocycles. The van der Waals surface area contributed by atoms with Crippen molar-refractivity contribution in [2.45, 2.75) is 26.8 Å². The Balaban J connectivity index is 1.88. The van der Waals surface area contributed by atoms with Crippen molar-refractivity contribution in [3.05, 3.63) is 69.8 Å². The maximum absolute atomic E-state index is 12.3. The molecule has 0 atom stereocenters. The number of aryl methyl sites for hydroxylation is 1. The summed E-state index contributed by atoms with van der Waals surface area (Å²) < 4.78 is 3.05. The zero-order valence-corrected chi connectivity index (χ0v) is 15.9. The van der Waals surface area contributed by atoms with Crippen molar-refractivity contribution in [1.82, 2.24) is 9.99 Å². The fraction of sp³-hybridized carbons (Fsp3) is 0.200. The van der Waals surface area contributed by atoms with E-state index in [0.717, 1.165) is 34.1 Å². The summed E-state index contributed by atoms with van der Waals surface area (Å²) in [4.78, 5) is 12.3. The average Bonchev–Trinajstić information content (AvgIpc) is 2.88. The summed E-state index contributed by atoms with van der Waals surface area (Å²) in [5.74, 6) is -0.237. The molecule has 0 aliphatic heterocycles. The molecule has 2 aromatic carbocycles. The molecule has 0 saturated heterocycles. The van der Waals surface area contributed by atoms with Crippen LogP contribution in [-0.4, -0.2) is 16.7 Å². The molecule has 1 aromatic heterocycles. The number of amides is 1. The number of benzene rings is 2. The third-order valence-corrected chi connectivity index (χ3v) is 4.90. The zero-order chi connectivity index (χ0) is 17.8. The van der Waals surface area contributed by atoms with Gasteiger partial charge in [0.25, 0.3) is 5.91 Å². The predicted octanol–water partition coefficient (Wildman–Crippen LogP) is 4.89. The highest BCUT2D eigenvalue weighted by Gasteiger charge is 2.12. The predicted molar refractivity (Wildman–Crippen MR) is 106 cm³/mol. The second-order valence-corrected chi connectivity index (χ2v) is 6.70. The first-order chi connectivity index (χ1) is 12.1. The molecule has 1 amide bonds. The van der Waals surface area contributed by atoms with E-state index in [9.17, 15) is 4.79 Å². The number of fused-ring (bicyclic) bond motifs is 1. The van der Waals surface area contributed by atoms with E-state index in [1.165, 1.54) is 5.52 Å². The minimum Gasteiger partial charge on any atom is -0.344 e. The second kappa shape index (κ2) is 7.66. The SMILES string of the molecule is CCCn1c(C)c(/C=N/NC(=O)c2ccccc2Br)c2ccccc21. The van der Waals surface area contributed by atoms with Crippen LogP contribution in [0.4, 0.5) is 0 Å². The van der Waals surface area contributed by atoms with E-state index >= 15 is 0 Å². The molecular weight excluding hydrogens is 378 g/mol. The molecule has 128 valence electrons. The molecule has 0 spiro atoms. The number of hydrogen-bond acceptors (Lipinski definition) is 2. The second-order valence-electron chi connectivity index (χ2n) is 5.85.